The third kappa shape index (κ3) is 2.62. The molecule has 2 aromatic heterocycles. The fraction of sp³-hybridized carbons (Fsp3) is 0.444. The van der Waals surface area contributed by atoms with Crippen LogP contribution in [0, 0.1) is 19.8 Å². The summed E-state index contributed by atoms with van der Waals surface area (Å²) in [6, 6.07) is 2.20. The van der Waals surface area contributed by atoms with Crippen LogP contribution in [0.4, 0.5) is 0 Å². The minimum atomic E-state index is 0.0900. The highest BCUT2D eigenvalue weighted by Gasteiger charge is 2.33. The lowest BCUT2D eigenvalue weighted by Crippen LogP contribution is -2.31. The lowest BCUT2D eigenvalue weighted by molar-refractivity contribution is 0.454. The first kappa shape index (κ1) is 15.3. The Morgan fingerprint density at radius 3 is 2.88 bits per heavy atom. The molecule has 0 aliphatic carbocycles. The molecule has 128 valence electrons. The Balaban J connectivity index is 1.44. The zero-order valence-electron chi connectivity index (χ0n) is 14.4. The lowest BCUT2D eigenvalue weighted by Gasteiger charge is -2.21. The van der Waals surface area contributed by atoms with Crippen molar-refractivity contribution >= 4 is 33.2 Å². The van der Waals surface area contributed by atoms with Gasteiger partial charge in [0.15, 0.2) is 5.65 Å². The van der Waals surface area contributed by atoms with Gasteiger partial charge < -0.3 is 5.32 Å². The number of aliphatic imine (C=N–C) groups is 2. The molecule has 0 saturated carbocycles. The molecule has 3 aliphatic rings. The molecule has 0 radical (unpaired) electrons. The van der Waals surface area contributed by atoms with Gasteiger partial charge in [-0.3, -0.25) is 4.99 Å². The Hall–Kier alpha value is -1.99. The topological polar surface area (TPSA) is 66.9 Å². The van der Waals surface area contributed by atoms with Crippen LogP contribution in [0.1, 0.15) is 29.8 Å². The fourth-order valence-corrected chi connectivity index (χ4v) is 4.67. The number of nitrogens with zero attached hydrogens (tertiary/aromatic N) is 5. The quantitative estimate of drug-likeness (QED) is 0.902. The number of amidine groups is 1. The Morgan fingerprint density at radius 1 is 1.24 bits per heavy atom. The molecule has 0 amide bonds. The first-order valence-corrected chi connectivity index (χ1v) is 9.60. The molecule has 0 aromatic carbocycles. The van der Waals surface area contributed by atoms with Gasteiger partial charge in [-0.1, -0.05) is 11.8 Å². The predicted molar refractivity (Wildman–Crippen MR) is 102 cm³/mol. The van der Waals surface area contributed by atoms with Crippen molar-refractivity contribution in [2.75, 3.05) is 13.1 Å². The Morgan fingerprint density at radius 2 is 2.08 bits per heavy atom. The van der Waals surface area contributed by atoms with Gasteiger partial charge in [0, 0.05) is 10.8 Å². The SMILES string of the molecule is Cc1cn2nc(C3=CC4N=C(C5CCNCC5)N=C4S3)cc(C)c2n1. The number of piperidine rings is 1. The van der Waals surface area contributed by atoms with Crippen molar-refractivity contribution in [3.05, 3.63) is 35.3 Å². The minimum absolute atomic E-state index is 0.0900. The van der Waals surface area contributed by atoms with Crippen molar-refractivity contribution in [1.29, 1.82) is 0 Å². The van der Waals surface area contributed by atoms with Crippen molar-refractivity contribution in [1.82, 2.24) is 19.9 Å². The van der Waals surface area contributed by atoms with Crippen molar-refractivity contribution in [2.24, 2.45) is 15.9 Å². The van der Waals surface area contributed by atoms with Gasteiger partial charge in [-0.05, 0) is 57.5 Å². The molecule has 0 spiro atoms. The molecule has 7 heteroatoms. The first-order chi connectivity index (χ1) is 12.2. The van der Waals surface area contributed by atoms with Crippen molar-refractivity contribution in [3.63, 3.8) is 0 Å². The number of imidazole rings is 1. The average Bonchev–Trinajstić information content (AvgIpc) is 3.27. The summed E-state index contributed by atoms with van der Waals surface area (Å²) < 4.78 is 1.88. The van der Waals surface area contributed by atoms with E-state index in [0.29, 0.717) is 5.92 Å². The minimum Gasteiger partial charge on any atom is -0.317 e. The number of rotatable bonds is 2. The smallest absolute Gasteiger partial charge is 0.156 e. The molecule has 25 heavy (non-hydrogen) atoms. The van der Waals surface area contributed by atoms with Crippen molar-refractivity contribution in [2.45, 2.75) is 32.7 Å². The maximum atomic E-state index is 4.88. The van der Waals surface area contributed by atoms with Crippen LogP contribution in [0.25, 0.3) is 10.6 Å². The molecule has 1 atom stereocenters. The largest absolute Gasteiger partial charge is 0.317 e. The summed E-state index contributed by atoms with van der Waals surface area (Å²) in [5.41, 5.74) is 4.02. The normalized spacial score (nSPS) is 23.6. The van der Waals surface area contributed by atoms with Crippen LogP contribution in [-0.4, -0.2) is 44.6 Å². The van der Waals surface area contributed by atoms with Gasteiger partial charge >= 0.3 is 0 Å². The standard InChI is InChI=1S/C18H20N6S/c1-10-7-13(23-24-9-11(2)20-17(10)24)15-8-14-18(25-15)22-16(21-14)12-3-5-19-6-4-12/h7-9,12,14,19H,3-6H2,1-2H3. The molecule has 0 bridgehead atoms. The van der Waals surface area contributed by atoms with Gasteiger partial charge in [0.25, 0.3) is 0 Å². The van der Waals surface area contributed by atoms with Crippen LogP contribution in [0.2, 0.25) is 0 Å². The second-order valence-electron chi connectivity index (χ2n) is 6.90. The van der Waals surface area contributed by atoms with E-state index < -0.39 is 0 Å². The van der Waals surface area contributed by atoms with Gasteiger partial charge in [0.1, 0.15) is 16.9 Å². The van der Waals surface area contributed by atoms with Gasteiger partial charge in [-0.25, -0.2) is 14.5 Å². The summed E-state index contributed by atoms with van der Waals surface area (Å²) in [6.07, 6.45) is 6.45. The van der Waals surface area contributed by atoms with E-state index in [1.165, 1.54) is 0 Å². The fourth-order valence-electron chi connectivity index (χ4n) is 3.67. The highest BCUT2D eigenvalue weighted by molar-refractivity contribution is 8.22. The summed E-state index contributed by atoms with van der Waals surface area (Å²) in [6.45, 7) is 6.22. The predicted octanol–water partition coefficient (Wildman–Crippen LogP) is 2.61. The Labute approximate surface area is 150 Å². The van der Waals surface area contributed by atoms with E-state index in [1.807, 2.05) is 17.6 Å². The van der Waals surface area contributed by atoms with Gasteiger partial charge in [-0.2, -0.15) is 5.10 Å². The second-order valence-corrected chi connectivity index (χ2v) is 7.96. The van der Waals surface area contributed by atoms with E-state index in [1.54, 1.807) is 11.8 Å². The van der Waals surface area contributed by atoms with Crippen LogP contribution in [0.15, 0.2) is 28.3 Å². The maximum absolute atomic E-state index is 4.88. The molecule has 1 saturated heterocycles. The van der Waals surface area contributed by atoms with E-state index in [0.717, 1.165) is 64.3 Å². The highest BCUT2D eigenvalue weighted by Crippen LogP contribution is 2.40. The van der Waals surface area contributed by atoms with E-state index >= 15 is 0 Å². The summed E-state index contributed by atoms with van der Waals surface area (Å²) in [5, 5.41) is 9.23. The average molecular weight is 352 g/mol. The van der Waals surface area contributed by atoms with Gasteiger partial charge in [-0.15, -0.1) is 0 Å². The zero-order valence-corrected chi connectivity index (χ0v) is 15.2. The summed E-state index contributed by atoms with van der Waals surface area (Å²) in [7, 11) is 0. The van der Waals surface area contributed by atoms with Gasteiger partial charge in [0.2, 0.25) is 0 Å². The molecular formula is C18H20N6S. The number of nitrogens with one attached hydrogen (secondary N) is 1. The monoisotopic (exact) mass is 352 g/mol. The third-order valence-electron chi connectivity index (χ3n) is 4.96. The van der Waals surface area contributed by atoms with E-state index in [2.05, 4.69) is 29.4 Å². The summed E-state index contributed by atoms with van der Waals surface area (Å²) in [4.78, 5) is 15.4. The van der Waals surface area contributed by atoms with Crippen LogP contribution < -0.4 is 5.32 Å². The number of hydrogen-bond donors (Lipinski definition) is 1. The number of hydrogen-bond acceptors (Lipinski definition) is 6. The van der Waals surface area contributed by atoms with E-state index in [4.69, 9.17) is 15.1 Å². The van der Waals surface area contributed by atoms with Crippen LogP contribution in [-0.2, 0) is 0 Å². The number of fused-ring (bicyclic) bond motifs is 2. The van der Waals surface area contributed by atoms with Crippen molar-refractivity contribution in [3.8, 4) is 0 Å². The Bertz CT molecular complexity index is 948. The number of aromatic nitrogens is 3. The molecule has 1 fully saturated rings. The van der Waals surface area contributed by atoms with E-state index in [-0.39, 0.29) is 6.04 Å². The third-order valence-corrected chi connectivity index (χ3v) is 6.07. The molecular weight excluding hydrogens is 332 g/mol. The van der Waals surface area contributed by atoms with E-state index in [9.17, 15) is 0 Å². The first-order valence-electron chi connectivity index (χ1n) is 8.78. The lowest BCUT2D eigenvalue weighted by atomic mass is 9.97. The zero-order chi connectivity index (χ0) is 17.0. The number of thioether (sulfide) groups is 1. The summed E-state index contributed by atoms with van der Waals surface area (Å²) in [5.74, 6) is 1.57. The summed E-state index contributed by atoms with van der Waals surface area (Å²) >= 11 is 1.71. The molecule has 6 nitrogen and oxygen atoms in total. The number of aryl methyl sites for hydroxylation is 2. The van der Waals surface area contributed by atoms with Crippen LogP contribution in [0.5, 0.6) is 0 Å². The van der Waals surface area contributed by atoms with Crippen molar-refractivity contribution < 1.29 is 0 Å². The van der Waals surface area contributed by atoms with Crippen LogP contribution in [0.3, 0.4) is 0 Å². The molecule has 3 aliphatic heterocycles. The maximum Gasteiger partial charge on any atom is 0.156 e. The molecule has 5 heterocycles. The highest BCUT2D eigenvalue weighted by atomic mass is 32.2. The molecule has 5 rings (SSSR count). The molecule has 1 unspecified atom stereocenters. The van der Waals surface area contributed by atoms with Crippen LogP contribution >= 0.6 is 11.8 Å². The second kappa shape index (κ2) is 5.78. The Kier molecular flexibility index (Phi) is 3.53. The molecule has 1 N–H and O–H groups in total. The molecule has 2 aromatic rings. The van der Waals surface area contributed by atoms with Gasteiger partial charge in [0.05, 0.1) is 17.6 Å².